The van der Waals surface area contributed by atoms with E-state index in [1.165, 1.54) is 12.8 Å². The molecule has 2 rings (SSSR count). The lowest BCUT2D eigenvalue weighted by Gasteiger charge is -2.28. The summed E-state index contributed by atoms with van der Waals surface area (Å²) in [7, 11) is 0. The Hall–Kier alpha value is -0.570. The Balaban J connectivity index is 1.92. The Kier molecular flexibility index (Phi) is 3.01. The SMILES string of the molecule is CCC1(C(=O)NC(C)C2CC2)CCCN1. The summed E-state index contributed by atoms with van der Waals surface area (Å²) in [6, 6.07) is 0.364. The van der Waals surface area contributed by atoms with E-state index < -0.39 is 0 Å². The first-order chi connectivity index (χ1) is 7.18. The fourth-order valence-electron chi connectivity index (χ4n) is 2.52. The number of rotatable bonds is 4. The van der Waals surface area contributed by atoms with E-state index in [1.807, 2.05) is 0 Å². The van der Waals surface area contributed by atoms with Gasteiger partial charge in [-0.1, -0.05) is 6.92 Å². The molecule has 2 fully saturated rings. The lowest BCUT2D eigenvalue weighted by atomic mass is 9.92. The maximum absolute atomic E-state index is 12.2. The highest BCUT2D eigenvalue weighted by Gasteiger charge is 2.40. The molecule has 0 aromatic heterocycles. The van der Waals surface area contributed by atoms with E-state index in [9.17, 15) is 4.79 Å². The summed E-state index contributed by atoms with van der Waals surface area (Å²) < 4.78 is 0. The molecule has 0 spiro atoms. The van der Waals surface area contributed by atoms with Gasteiger partial charge >= 0.3 is 0 Å². The van der Waals surface area contributed by atoms with Crippen molar-refractivity contribution in [2.75, 3.05) is 6.54 Å². The first kappa shape index (κ1) is 10.9. The minimum atomic E-state index is -0.261. The van der Waals surface area contributed by atoms with Gasteiger partial charge in [-0.15, -0.1) is 0 Å². The molecule has 2 unspecified atom stereocenters. The van der Waals surface area contributed by atoms with Crippen molar-refractivity contribution in [1.29, 1.82) is 0 Å². The zero-order valence-corrected chi connectivity index (χ0v) is 9.81. The average Bonchev–Trinajstić information content (AvgIpc) is 2.96. The third-order valence-electron chi connectivity index (χ3n) is 3.97. The van der Waals surface area contributed by atoms with Crippen molar-refractivity contribution in [1.82, 2.24) is 10.6 Å². The van der Waals surface area contributed by atoms with Crippen molar-refractivity contribution in [2.45, 2.75) is 57.5 Å². The summed E-state index contributed by atoms with van der Waals surface area (Å²) in [6.45, 7) is 5.21. The standard InChI is InChI=1S/C12H22N2O/c1-3-12(7-4-8-13-12)11(15)14-9(2)10-5-6-10/h9-10,13H,3-8H2,1-2H3,(H,14,15). The van der Waals surface area contributed by atoms with E-state index in [0.29, 0.717) is 6.04 Å². The predicted molar refractivity (Wildman–Crippen MR) is 60.6 cm³/mol. The number of carbonyl (C=O) groups is 1. The molecule has 3 nitrogen and oxygen atoms in total. The summed E-state index contributed by atoms with van der Waals surface area (Å²) in [5.74, 6) is 0.964. The molecule has 15 heavy (non-hydrogen) atoms. The zero-order valence-electron chi connectivity index (χ0n) is 9.81. The van der Waals surface area contributed by atoms with Crippen LogP contribution in [0.1, 0.15) is 46.0 Å². The molecule has 1 saturated heterocycles. The summed E-state index contributed by atoms with van der Waals surface area (Å²) in [6.07, 6.45) is 5.59. The summed E-state index contributed by atoms with van der Waals surface area (Å²) in [5, 5.41) is 6.55. The number of nitrogens with one attached hydrogen (secondary N) is 2. The van der Waals surface area contributed by atoms with Crippen molar-refractivity contribution in [3.8, 4) is 0 Å². The monoisotopic (exact) mass is 210 g/mol. The first-order valence-electron chi connectivity index (χ1n) is 6.24. The van der Waals surface area contributed by atoms with Crippen LogP contribution in [0.3, 0.4) is 0 Å². The number of hydrogen-bond donors (Lipinski definition) is 2. The van der Waals surface area contributed by atoms with E-state index in [1.54, 1.807) is 0 Å². The smallest absolute Gasteiger partial charge is 0.240 e. The number of amides is 1. The molecule has 86 valence electrons. The van der Waals surface area contributed by atoms with Crippen LogP contribution < -0.4 is 10.6 Å². The maximum Gasteiger partial charge on any atom is 0.240 e. The Morgan fingerprint density at radius 3 is 2.80 bits per heavy atom. The minimum Gasteiger partial charge on any atom is -0.352 e. The number of hydrogen-bond acceptors (Lipinski definition) is 2. The molecule has 1 amide bonds. The van der Waals surface area contributed by atoms with Gasteiger partial charge in [-0.2, -0.15) is 0 Å². The molecule has 0 aromatic carbocycles. The van der Waals surface area contributed by atoms with Gasteiger partial charge in [-0.3, -0.25) is 4.79 Å². The van der Waals surface area contributed by atoms with Crippen LogP contribution in [0.5, 0.6) is 0 Å². The quantitative estimate of drug-likeness (QED) is 0.737. The van der Waals surface area contributed by atoms with Crippen LogP contribution in [0.15, 0.2) is 0 Å². The summed E-state index contributed by atoms with van der Waals surface area (Å²) >= 11 is 0. The van der Waals surface area contributed by atoms with Crippen LogP contribution in [0.25, 0.3) is 0 Å². The van der Waals surface area contributed by atoms with Gasteiger partial charge in [-0.25, -0.2) is 0 Å². The largest absolute Gasteiger partial charge is 0.352 e. The van der Waals surface area contributed by atoms with Crippen molar-refractivity contribution in [2.24, 2.45) is 5.92 Å². The molecule has 1 aliphatic heterocycles. The van der Waals surface area contributed by atoms with Crippen LogP contribution in [-0.4, -0.2) is 24.0 Å². The fourth-order valence-corrected chi connectivity index (χ4v) is 2.52. The van der Waals surface area contributed by atoms with Crippen LogP contribution in [0.2, 0.25) is 0 Å². The molecule has 2 N–H and O–H groups in total. The second-order valence-corrected chi connectivity index (χ2v) is 5.07. The van der Waals surface area contributed by atoms with E-state index in [2.05, 4.69) is 24.5 Å². The molecule has 1 aliphatic carbocycles. The van der Waals surface area contributed by atoms with E-state index in [0.717, 1.165) is 31.7 Å². The third kappa shape index (κ3) is 2.17. The predicted octanol–water partition coefficient (Wildman–Crippen LogP) is 1.43. The molecule has 0 aromatic rings. The van der Waals surface area contributed by atoms with Crippen molar-refractivity contribution < 1.29 is 4.79 Å². The van der Waals surface area contributed by atoms with Crippen LogP contribution >= 0.6 is 0 Å². The van der Waals surface area contributed by atoms with Gasteiger partial charge in [0.25, 0.3) is 0 Å². The van der Waals surface area contributed by atoms with Crippen LogP contribution in [0, 0.1) is 5.92 Å². The molecular weight excluding hydrogens is 188 g/mol. The normalized spacial score (nSPS) is 32.7. The Morgan fingerprint density at radius 2 is 2.33 bits per heavy atom. The second-order valence-electron chi connectivity index (χ2n) is 5.07. The van der Waals surface area contributed by atoms with Crippen LogP contribution in [-0.2, 0) is 4.79 Å². The Labute approximate surface area is 92.0 Å². The molecule has 3 heteroatoms. The fraction of sp³-hybridized carbons (Fsp3) is 0.917. The molecule has 0 radical (unpaired) electrons. The third-order valence-corrected chi connectivity index (χ3v) is 3.97. The van der Waals surface area contributed by atoms with Gasteiger partial charge in [0.15, 0.2) is 0 Å². The highest BCUT2D eigenvalue weighted by Crippen LogP contribution is 2.33. The van der Waals surface area contributed by atoms with Gasteiger partial charge in [0.2, 0.25) is 5.91 Å². The molecule has 0 bridgehead atoms. The maximum atomic E-state index is 12.2. The van der Waals surface area contributed by atoms with E-state index in [-0.39, 0.29) is 11.4 Å². The topological polar surface area (TPSA) is 41.1 Å². The minimum absolute atomic E-state index is 0.224. The van der Waals surface area contributed by atoms with Gasteiger partial charge in [0.05, 0.1) is 5.54 Å². The second kappa shape index (κ2) is 4.12. The Morgan fingerprint density at radius 1 is 1.60 bits per heavy atom. The van der Waals surface area contributed by atoms with Gasteiger partial charge in [0.1, 0.15) is 0 Å². The highest BCUT2D eigenvalue weighted by atomic mass is 16.2. The lowest BCUT2D eigenvalue weighted by molar-refractivity contribution is -0.128. The van der Waals surface area contributed by atoms with Crippen molar-refractivity contribution >= 4 is 5.91 Å². The van der Waals surface area contributed by atoms with Gasteiger partial charge < -0.3 is 10.6 Å². The molecule has 1 saturated carbocycles. The lowest BCUT2D eigenvalue weighted by Crippen LogP contribution is -2.55. The zero-order chi connectivity index (χ0) is 10.9. The van der Waals surface area contributed by atoms with Gasteiger partial charge in [-0.05, 0) is 51.5 Å². The van der Waals surface area contributed by atoms with Crippen molar-refractivity contribution in [3.63, 3.8) is 0 Å². The molecular formula is C12H22N2O. The highest BCUT2D eigenvalue weighted by molar-refractivity contribution is 5.86. The summed E-state index contributed by atoms with van der Waals surface area (Å²) in [5.41, 5.74) is -0.261. The van der Waals surface area contributed by atoms with Crippen LogP contribution in [0.4, 0.5) is 0 Å². The van der Waals surface area contributed by atoms with E-state index in [4.69, 9.17) is 0 Å². The molecule has 2 atom stereocenters. The Bertz CT molecular complexity index is 242. The van der Waals surface area contributed by atoms with Crippen molar-refractivity contribution in [3.05, 3.63) is 0 Å². The average molecular weight is 210 g/mol. The van der Waals surface area contributed by atoms with E-state index >= 15 is 0 Å². The summed E-state index contributed by atoms with van der Waals surface area (Å²) in [4.78, 5) is 12.2. The first-order valence-corrected chi connectivity index (χ1v) is 6.24. The van der Waals surface area contributed by atoms with Gasteiger partial charge in [0, 0.05) is 6.04 Å². The molecule has 1 heterocycles. The number of carbonyl (C=O) groups excluding carboxylic acids is 1. The molecule has 2 aliphatic rings.